The van der Waals surface area contributed by atoms with E-state index in [1.165, 1.54) is 22.7 Å². The summed E-state index contributed by atoms with van der Waals surface area (Å²) in [6.45, 7) is 0. The minimum Gasteiger partial charge on any atom is -0.287 e. The Hall–Kier alpha value is -1.49. The zero-order valence-electron chi connectivity index (χ0n) is 11.6. The predicted octanol–water partition coefficient (Wildman–Crippen LogP) is 5.63. The monoisotopic (exact) mass is 345 g/mol. The highest BCUT2D eigenvalue weighted by Gasteiger charge is 2.32. The highest BCUT2D eigenvalue weighted by Crippen LogP contribution is 2.45. The summed E-state index contributed by atoms with van der Waals surface area (Å²) in [4.78, 5) is 19.0. The number of thiazole rings is 1. The molecule has 3 aromatic rings. The van der Waals surface area contributed by atoms with Crippen LogP contribution in [0.3, 0.4) is 0 Å². The van der Waals surface area contributed by atoms with Crippen molar-refractivity contribution in [1.82, 2.24) is 4.98 Å². The molecule has 0 N–H and O–H groups in total. The molecule has 110 valence electrons. The normalized spacial score (nSPS) is 14.2. The predicted molar refractivity (Wildman–Crippen MR) is 92.3 cm³/mol. The number of ketones is 1. The Bertz CT molecular complexity index is 833. The SMILES string of the molecule is O=C(c1ccc(Cl)s1)c1sc(-c2ccccc2)nc1C1CC1. The van der Waals surface area contributed by atoms with Crippen molar-refractivity contribution < 1.29 is 4.79 Å². The lowest BCUT2D eigenvalue weighted by atomic mass is 10.2. The van der Waals surface area contributed by atoms with Gasteiger partial charge in [-0.1, -0.05) is 41.9 Å². The first-order valence-electron chi connectivity index (χ1n) is 7.08. The van der Waals surface area contributed by atoms with Crippen LogP contribution in [-0.4, -0.2) is 10.8 Å². The minimum atomic E-state index is 0.0541. The quantitative estimate of drug-likeness (QED) is 0.573. The zero-order chi connectivity index (χ0) is 15.1. The van der Waals surface area contributed by atoms with Gasteiger partial charge in [0, 0.05) is 11.5 Å². The maximum atomic E-state index is 12.8. The molecule has 4 rings (SSSR count). The molecule has 2 aromatic heterocycles. The van der Waals surface area contributed by atoms with Gasteiger partial charge in [0.05, 0.1) is 19.8 Å². The molecular weight excluding hydrogens is 334 g/mol. The van der Waals surface area contributed by atoms with E-state index in [0.717, 1.165) is 34.0 Å². The van der Waals surface area contributed by atoms with Crippen molar-refractivity contribution in [1.29, 1.82) is 0 Å². The Kier molecular flexibility index (Phi) is 3.60. The molecule has 0 unspecified atom stereocenters. The van der Waals surface area contributed by atoms with E-state index < -0.39 is 0 Å². The minimum absolute atomic E-state index is 0.0541. The van der Waals surface area contributed by atoms with Gasteiger partial charge in [-0.05, 0) is 25.0 Å². The average Bonchev–Trinajstić information content (AvgIpc) is 3.14. The maximum absolute atomic E-state index is 12.8. The third-order valence-corrected chi connectivity index (χ3v) is 5.99. The number of halogens is 1. The van der Waals surface area contributed by atoms with E-state index in [1.807, 2.05) is 30.3 Å². The zero-order valence-corrected chi connectivity index (χ0v) is 14.0. The van der Waals surface area contributed by atoms with Gasteiger partial charge in [0.1, 0.15) is 5.01 Å². The molecule has 0 atom stereocenters. The summed E-state index contributed by atoms with van der Waals surface area (Å²) < 4.78 is 0.643. The lowest BCUT2D eigenvalue weighted by Gasteiger charge is -1.97. The number of benzene rings is 1. The molecule has 0 bridgehead atoms. The van der Waals surface area contributed by atoms with Crippen LogP contribution in [0, 0.1) is 0 Å². The van der Waals surface area contributed by atoms with E-state index in [-0.39, 0.29) is 5.78 Å². The first kappa shape index (κ1) is 14.1. The molecule has 0 amide bonds. The van der Waals surface area contributed by atoms with Crippen LogP contribution in [0.1, 0.15) is 39.0 Å². The number of aromatic nitrogens is 1. The number of thiophene rings is 1. The number of hydrogen-bond donors (Lipinski definition) is 0. The van der Waals surface area contributed by atoms with Crippen molar-refractivity contribution in [3.63, 3.8) is 0 Å². The second-order valence-corrected chi connectivity index (χ2v) is 8.02. The van der Waals surface area contributed by atoms with Gasteiger partial charge in [-0.15, -0.1) is 22.7 Å². The van der Waals surface area contributed by atoms with Crippen LogP contribution in [0.5, 0.6) is 0 Å². The van der Waals surface area contributed by atoms with E-state index in [0.29, 0.717) is 15.1 Å². The molecule has 0 saturated heterocycles. The molecule has 0 radical (unpaired) electrons. The van der Waals surface area contributed by atoms with E-state index in [1.54, 1.807) is 12.1 Å². The van der Waals surface area contributed by atoms with Crippen molar-refractivity contribution in [2.24, 2.45) is 0 Å². The van der Waals surface area contributed by atoms with Gasteiger partial charge in [-0.3, -0.25) is 4.79 Å². The van der Waals surface area contributed by atoms with Crippen LogP contribution in [0.15, 0.2) is 42.5 Å². The van der Waals surface area contributed by atoms with Gasteiger partial charge < -0.3 is 0 Å². The smallest absolute Gasteiger partial charge is 0.214 e. The van der Waals surface area contributed by atoms with E-state index in [4.69, 9.17) is 16.6 Å². The molecule has 5 heteroatoms. The highest BCUT2D eigenvalue weighted by molar-refractivity contribution is 7.21. The van der Waals surface area contributed by atoms with Gasteiger partial charge in [-0.2, -0.15) is 0 Å². The number of nitrogens with zero attached hydrogens (tertiary/aromatic N) is 1. The molecule has 0 aliphatic heterocycles. The molecule has 1 fully saturated rings. The fraction of sp³-hybridized carbons (Fsp3) is 0.176. The summed E-state index contributed by atoms with van der Waals surface area (Å²) in [6.07, 6.45) is 2.26. The molecular formula is C17H12ClNOS2. The fourth-order valence-corrected chi connectivity index (χ4v) is 4.55. The highest BCUT2D eigenvalue weighted by atomic mass is 35.5. The molecule has 2 heterocycles. The number of carbonyl (C=O) groups excluding carboxylic acids is 1. The Labute approximate surface area is 141 Å². The van der Waals surface area contributed by atoms with Crippen LogP contribution in [0.2, 0.25) is 4.34 Å². The number of hydrogen-bond acceptors (Lipinski definition) is 4. The second kappa shape index (κ2) is 5.61. The van der Waals surface area contributed by atoms with Crippen molar-refractivity contribution >= 4 is 40.1 Å². The standard InChI is InChI=1S/C17H12ClNOS2/c18-13-9-8-12(21-13)15(20)16-14(10-6-7-10)19-17(22-16)11-4-2-1-3-5-11/h1-5,8-10H,6-7H2. The van der Waals surface area contributed by atoms with Gasteiger partial charge in [0.15, 0.2) is 0 Å². The molecule has 0 spiro atoms. The lowest BCUT2D eigenvalue weighted by molar-refractivity contribution is 0.104. The molecule has 22 heavy (non-hydrogen) atoms. The van der Waals surface area contributed by atoms with Gasteiger partial charge in [0.25, 0.3) is 0 Å². The van der Waals surface area contributed by atoms with Crippen molar-refractivity contribution in [2.75, 3.05) is 0 Å². The summed E-state index contributed by atoms with van der Waals surface area (Å²) in [7, 11) is 0. The molecule has 1 aromatic carbocycles. The molecule has 2 nitrogen and oxygen atoms in total. The summed E-state index contributed by atoms with van der Waals surface area (Å²) in [5.74, 6) is 0.501. The van der Waals surface area contributed by atoms with E-state index in [9.17, 15) is 4.79 Å². The summed E-state index contributed by atoms with van der Waals surface area (Å²) in [5, 5.41) is 0.925. The topological polar surface area (TPSA) is 30.0 Å². The Morgan fingerprint density at radius 2 is 1.86 bits per heavy atom. The van der Waals surface area contributed by atoms with Crippen LogP contribution in [0.4, 0.5) is 0 Å². The Balaban J connectivity index is 1.78. The maximum Gasteiger partial charge on any atom is 0.214 e. The van der Waals surface area contributed by atoms with Crippen molar-refractivity contribution in [3.8, 4) is 10.6 Å². The van der Waals surface area contributed by atoms with Crippen LogP contribution >= 0.6 is 34.3 Å². The fourth-order valence-electron chi connectivity index (χ4n) is 2.38. The first-order valence-corrected chi connectivity index (χ1v) is 9.09. The van der Waals surface area contributed by atoms with Crippen LogP contribution in [0.25, 0.3) is 10.6 Å². The Morgan fingerprint density at radius 1 is 1.09 bits per heavy atom. The van der Waals surface area contributed by atoms with Crippen LogP contribution < -0.4 is 0 Å². The van der Waals surface area contributed by atoms with Crippen LogP contribution in [-0.2, 0) is 0 Å². The first-order chi connectivity index (χ1) is 10.7. The second-order valence-electron chi connectivity index (χ2n) is 5.31. The van der Waals surface area contributed by atoms with Gasteiger partial charge in [0.2, 0.25) is 5.78 Å². The number of rotatable bonds is 4. The third-order valence-electron chi connectivity index (χ3n) is 3.64. The van der Waals surface area contributed by atoms with Crippen molar-refractivity contribution in [3.05, 3.63) is 62.2 Å². The average molecular weight is 346 g/mol. The van der Waals surface area contributed by atoms with E-state index >= 15 is 0 Å². The van der Waals surface area contributed by atoms with Gasteiger partial charge >= 0.3 is 0 Å². The summed E-state index contributed by atoms with van der Waals surface area (Å²) >= 11 is 8.79. The summed E-state index contributed by atoms with van der Waals surface area (Å²) in [5.41, 5.74) is 2.04. The number of carbonyl (C=O) groups is 1. The Morgan fingerprint density at radius 3 is 2.50 bits per heavy atom. The summed E-state index contributed by atoms with van der Waals surface area (Å²) in [6, 6.07) is 13.6. The third kappa shape index (κ3) is 2.62. The molecule has 1 saturated carbocycles. The van der Waals surface area contributed by atoms with E-state index in [2.05, 4.69) is 0 Å². The molecule has 1 aliphatic carbocycles. The largest absolute Gasteiger partial charge is 0.287 e. The van der Waals surface area contributed by atoms with Gasteiger partial charge in [-0.25, -0.2) is 4.98 Å². The van der Waals surface area contributed by atoms with Crippen molar-refractivity contribution in [2.45, 2.75) is 18.8 Å². The lowest BCUT2D eigenvalue weighted by Crippen LogP contribution is -1.99. The molecule has 1 aliphatic rings.